The second-order valence-corrected chi connectivity index (χ2v) is 7.96. The summed E-state index contributed by atoms with van der Waals surface area (Å²) in [5, 5.41) is 0. The van der Waals surface area contributed by atoms with Crippen molar-refractivity contribution in [3.63, 3.8) is 0 Å². The molecule has 0 aliphatic carbocycles. The van der Waals surface area contributed by atoms with E-state index in [0.717, 1.165) is 16.9 Å². The summed E-state index contributed by atoms with van der Waals surface area (Å²) in [4.78, 5) is 24.1. The van der Waals surface area contributed by atoms with Crippen LogP contribution in [0.3, 0.4) is 0 Å². The molecule has 3 aromatic carbocycles. The van der Waals surface area contributed by atoms with Crippen LogP contribution in [0.5, 0.6) is 11.5 Å². The molecule has 1 unspecified atom stereocenters. The van der Waals surface area contributed by atoms with E-state index in [-0.39, 0.29) is 18.5 Å². The van der Waals surface area contributed by atoms with Crippen molar-refractivity contribution in [3.05, 3.63) is 95.6 Å². The monoisotopic (exact) mass is 492 g/mol. The zero-order chi connectivity index (χ0) is 25.6. The molecule has 0 fully saturated rings. The van der Waals surface area contributed by atoms with E-state index in [4.69, 9.17) is 23.7 Å². The van der Waals surface area contributed by atoms with Crippen molar-refractivity contribution in [3.8, 4) is 11.5 Å². The molecule has 7 heteroatoms. The van der Waals surface area contributed by atoms with Gasteiger partial charge >= 0.3 is 11.9 Å². The summed E-state index contributed by atoms with van der Waals surface area (Å²) in [7, 11) is 1.50. The van der Waals surface area contributed by atoms with Gasteiger partial charge in [-0.05, 0) is 54.4 Å². The standard InChI is InChI=1S/C29H32O7/c1-3-33-29(31)27(32-2)20-22-10-14-25(15-11-22)34-18-7-19-35-26-16-12-24(13-17-26)28(30)36-21-23-8-5-4-6-9-23/h4-6,8-17,27H,3,7,18-21H2,1-2H3. The first kappa shape index (κ1) is 26.8. The highest BCUT2D eigenvalue weighted by Crippen LogP contribution is 2.16. The van der Waals surface area contributed by atoms with E-state index in [1.165, 1.54) is 7.11 Å². The van der Waals surface area contributed by atoms with Crippen molar-refractivity contribution >= 4 is 11.9 Å². The molecule has 0 saturated heterocycles. The van der Waals surface area contributed by atoms with E-state index in [1.807, 2.05) is 54.6 Å². The Morgan fingerprint density at radius 2 is 1.36 bits per heavy atom. The Labute approximate surface area is 211 Å². The number of methoxy groups -OCH3 is 1. The highest BCUT2D eigenvalue weighted by molar-refractivity contribution is 5.89. The van der Waals surface area contributed by atoms with E-state index in [0.29, 0.717) is 44.0 Å². The maximum Gasteiger partial charge on any atom is 0.338 e. The van der Waals surface area contributed by atoms with Gasteiger partial charge in [-0.15, -0.1) is 0 Å². The molecule has 0 aromatic heterocycles. The quantitative estimate of drug-likeness (QED) is 0.231. The first-order chi connectivity index (χ1) is 17.6. The fourth-order valence-corrected chi connectivity index (χ4v) is 3.37. The Kier molecular flexibility index (Phi) is 10.8. The van der Waals surface area contributed by atoms with Crippen molar-refractivity contribution in [1.29, 1.82) is 0 Å². The van der Waals surface area contributed by atoms with Crippen molar-refractivity contribution in [1.82, 2.24) is 0 Å². The summed E-state index contributed by atoms with van der Waals surface area (Å²) >= 11 is 0. The van der Waals surface area contributed by atoms with Gasteiger partial charge in [0.25, 0.3) is 0 Å². The Morgan fingerprint density at radius 1 is 0.750 bits per heavy atom. The van der Waals surface area contributed by atoms with Gasteiger partial charge in [0.2, 0.25) is 0 Å². The lowest BCUT2D eigenvalue weighted by Gasteiger charge is -2.14. The van der Waals surface area contributed by atoms with Crippen molar-refractivity contribution in [2.45, 2.75) is 32.5 Å². The third-order valence-electron chi connectivity index (χ3n) is 5.31. The Balaban J connectivity index is 1.34. The lowest BCUT2D eigenvalue weighted by molar-refractivity contribution is -0.154. The van der Waals surface area contributed by atoms with Gasteiger partial charge in [0.15, 0.2) is 6.10 Å². The Morgan fingerprint density at radius 3 is 1.94 bits per heavy atom. The number of benzene rings is 3. The van der Waals surface area contributed by atoms with Gasteiger partial charge in [-0.25, -0.2) is 9.59 Å². The predicted octanol–water partition coefficient (Wildman–Crippen LogP) is 5.01. The Bertz CT molecular complexity index is 1060. The molecule has 0 radical (unpaired) electrons. The van der Waals surface area contributed by atoms with Crippen molar-refractivity contribution in [2.75, 3.05) is 26.9 Å². The second-order valence-electron chi connectivity index (χ2n) is 7.96. The number of carbonyl (C=O) groups is 2. The number of hydrogen-bond donors (Lipinski definition) is 0. The molecular weight excluding hydrogens is 460 g/mol. The molecule has 7 nitrogen and oxygen atoms in total. The van der Waals surface area contributed by atoms with Gasteiger partial charge in [-0.3, -0.25) is 0 Å². The molecule has 0 amide bonds. The van der Waals surface area contributed by atoms with E-state index < -0.39 is 6.10 Å². The largest absolute Gasteiger partial charge is 0.493 e. The number of hydrogen-bond acceptors (Lipinski definition) is 7. The molecule has 0 spiro atoms. The summed E-state index contributed by atoms with van der Waals surface area (Å²) in [6, 6.07) is 24.0. The summed E-state index contributed by atoms with van der Waals surface area (Å²) in [6.07, 6.45) is 0.507. The van der Waals surface area contributed by atoms with Crippen molar-refractivity contribution in [2.24, 2.45) is 0 Å². The fourth-order valence-electron chi connectivity index (χ4n) is 3.37. The van der Waals surface area contributed by atoms with Crippen LogP contribution in [-0.2, 0) is 32.0 Å². The zero-order valence-electron chi connectivity index (χ0n) is 20.7. The molecule has 190 valence electrons. The topological polar surface area (TPSA) is 80.3 Å². The van der Waals surface area contributed by atoms with Crippen LogP contribution in [-0.4, -0.2) is 45.0 Å². The maximum atomic E-state index is 12.2. The average Bonchev–Trinajstić information content (AvgIpc) is 2.92. The third kappa shape index (κ3) is 8.74. The van der Waals surface area contributed by atoms with E-state index in [9.17, 15) is 9.59 Å². The van der Waals surface area contributed by atoms with E-state index in [2.05, 4.69) is 0 Å². The van der Waals surface area contributed by atoms with Crippen LogP contribution in [0.25, 0.3) is 0 Å². The molecule has 0 heterocycles. The van der Waals surface area contributed by atoms with Crippen LogP contribution in [0.1, 0.15) is 34.8 Å². The van der Waals surface area contributed by atoms with Crippen LogP contribution in [0.4, 0.5) is 0 Å². The first-order valence-electron chi connectivity index (χ1n) is 11.9. The predicted molar refractivity (Wildman–Crippen MR) is 135 cm³/mol. The van der Waals surface area contributed by atoms with Gasteiger partial charge in [0.05, 0.1) is 25.4 Å². The van der Waals surface area contributed by atoms with E-state index >= 15 is 0 Å². The van der Waals surface area contributed by atoms with Crippen LogP contribution in [0.15, 0.2) is 78.9 Å². The van der Waals surface area contributed by atoms with Gasteiger partial charge in [0, 0.05) is 20.0 Å². The second kappa shape index (κ2) is 14.5. The normalized spacial score (nSPS) is 11.4. The number of carbonyl (C=O) groups excluding carboxylic acids is 2. The fraction of sp³-hybridized carbons (Fsp3) is 0.310. The minimum atomic E-state index is -0.622. The minimum Gasteiger partial charge on any atom is -0.493 e. The van der Waals surface area contributed by atoms with Crippen LogP contribution < -0.4 is 9.47 Å². The lowest BCUT2D eigenvalue weighted by Crippen LogP contribution is -2.27. The molecule has 0 saturated carbocycles. The van der Waals surface area contributed by atoms with Gasteiger partial charge in [-0.2, -0.15) is 0 Å². The average molecular weight is 493 g/mol. The minimum absolute atomic E-state index is 0.238. The summed E-state index contributed by atoms with van der Waals surface area (Å²) in [6.45, 7) is 3.30. The van der Waals surface area contributed by atoms with Gasteiger partial charge < -0.3 is 23.7 Å². The molecule has 3 aromatic rings. The molecular formula is C29H32O7. The zero-order valence-corrected chi connectivity index (χ0v) is 20.7. The number of ether oxygens (including phenoxy) is 5. The lowest BCUT2D eigenvalue weighted by atomic mass is 10.1. The van der Waals surface area contributed by atoms with Crippen LogP contribution in [0.2, 0.25) is 0 Å². The third-order valence-corrected chi connectivity index (χ3v) is 5.31. The number of esters is 2. The van der Waals surface area contributed by atoms with Crippen LogP contribution >= 0.6 is 0 Å². The summed E-state index contributed by atoms with van der Waals surface area (Å²) in [5.41, 5.74) is 2.37. The van der Waals surface area contributed by atoms with Gasteiger partial charge in [0.1, 0.15) is 18.1 Å². The molecule has 0 aliphatic rings. The number of rotatable bonds is 14. The molecule has 0 N–H and O–H groups in total. The summed E-state index contributed by atoms with van der Waals surface area (Å²) in [5.74, 6) is 0.678. The van der Waals surface area contributed by atoms with Gasteiger partial charge in [-0.1, -0.05) is 42.5 Å². The van der Waals surface area contributed by atoms with Crippen molar-refractivity contribution < 1.29 is 33.3 Å². The highest BCUT2D eigenvalue weighted by atomic mass is 16.6. The smallest absolute Gasteiger partial charge is 0.338 e. The molecule has 3 rings (SSSR count). The molecule has 0 aliphatic heterocycles. The summed E-state index contributed by atoms with van der Waals surface area (Å²) < 4.78 is 27.1. The molecule has 0 bridgehead atoms. The first-order valence-corrected chi connectivity index (χ1v) is 11.9. The maximum absolute atomic E-state index is 12.2. The Hall–Kier alpha value is -3.84. The SMILES string of the molecule is CCOC(=O)C(Cc1ccc(OCCCOc2ccc(C(=O)OCc3ccccc3)cc2)cc1)OC. The van der Waals surface area contributed by atoms with Crippen LogP contribution in [0, 0.1) is 0 Å². The molecule has 1 atom stereocenters. The van der Waals surface area contributed by atoms with E-state index in [1.54, 1.807) is 31.2 Å². The molecule has 36 heavy (non-hydrogen) atoms. The highest BCUT2D eigenvalue weighted by Gasteiger charge is 2.19.